The van der Waals surface area contributed by atoms with Gasteiger partial charge in [-0.05, 0) is 25.3 Å². The number of esters is 2. The normalized spacial score (nSPS) is 11.6. The number of nitrogens with one attached hydrogen (secondary N) is 1. The molecule has 0 aliphatic heterocycles. The SMILES string of the molecule is CCC(CC)NS(=O)(=O)c1sc(C(=O)OC)c(C)c1C(=O)OC. The van der Waals surface area contributed by atoms with Gasteiger partial charge in [0, 0.05) is 6.04 Å². The van der Waals surface area contributed by atoms with Crippen LogP contribution in [0.25, 0.3) is 0 Å². The van der Waals surface area contributed by atoms with Crippen LogP contribution in [-0.2, 0) is 19.5 Å². The molecular weight excluding hydrogens is 342 g/mol. The number of carbonyl (C=O) groups is 2. The highest BCUT2D eigenvalue weighted by Gasteiger charge is 2.33. The van der Waals surface area contributed by atoms with E-state index >= 15 is 0 Å². The summed E-state index contributed by atoms with van der Waals surface area (Å²) in [5, 5.41) is 0. The zero-order valence-electron chi connectivity index (χ0n) is 13.8. The van der Waals surface area contributed by atoms with Crippen molar-refractivity contribution in [2.75, 3.05) is 14.2 Å². The maximum atomic E-state index is 12.6. The third kappa shape index (κ3) is 4.10. The summed E-state index contributed by atoms with van der Waals surface area (Å²) in [6.45, 7) is 5.21. The molecule has 0 saturated heterocycles. The van der Waals surface area contributed by atoms with Crippen LogP contribution >= 0.6 is 11.3 Å². The zero-order chi connectivity index (χ0) is 17.8. The van der Waals surface area contributed by atoms with Crippen LogP contribution < -0.4 is 4.72 Å². The van der Waals surface area contributed by atoms with E-state index in [0.29, 0.717) is 24.2 Å². The van der Waals surface area contributed by atoms with Crippen molar-refractivity contribution in [3.8, 4) is 0 Å². The number of ether oxygens (including phenoxy) is 2. The van der Waals surface area contributed by atoms with Gasteiger partial charge < -0.3 is 9.47 Å². The van der Waals surface area contributed by atoms with Gasteiger partial charge in [0.25, 0.3) is 10.0 Å². The second-order valence-corrected chi connectivity index (χ2v) is 7.77. The maximum Gasteiger partial charge on any atom is 0.348 e. The van der Waals surface area contributed by atoms with Crippen LogP contribution in [0.1, 0.15) is 52.3 Å². The Balaban J connectivity index is 3.50. The maximum absolute atomic E-state index is 12.6. The van der Waals surface area contributed by atoms with Crippen molar-refractivity contribution in [1.29, 1.82) is 0 Å². The van der Waals surface area contributed by atoms with E-state index in [4.69, 9.17) is 0 Å². The van der Waals surface area contributed by atoms with Crippen LogP contribution in [0.5, 0.6) is 0 Å². The second kappa shape index (κ2) is 7.89. The molecule has 1 rings (SSSR count). The topological polar surface area (TPSA) is 98.8 Å². The van der Waals surface area contributed by atoms with Crippen molar-refractivity contribution < 1.29 is 27.5 Å². The average molecular weight is 363 g/mol. The molecule has 0 unspecified atom stereocenters. The van der Waals surface area contributed by atoms with E-state index in [-0.39, 0.29) is 26.3 Å². The van der Waals surface area contributed by atoms with Crippen LogP contribution in [0.2, 0.25) is 0 Å². The van der Waals surface area contributed by atoms with Gasteiger partial charge in [0.05, 0.1) is 19.8 Å². The van der Waals surface area contributed by atoms with Gasteiger partial charge in [-0.25, -0.2) is 22.7 Å². The van der Waals surface area contributed by atoms with Gasteiger partial charge in [-0.1, -0.05) is 13.8 Å². The molecule has 0 fully saturated rings. The number of hydrogen-bond donors (Lipinski definition) is 1. The largest absolute Gasteiger partial charge is 0.465 e. The molecule has 1 aromatic rings. The van der Waals surface area contributed by atoms with Crippen molar-refractivity contribution in [2.45, 2.75) is 43.9 Å². The zero-order valence-corrected chi connectivity index (χ0v) is 15.4. The minimum absolute atomic E-state index is 0.0674. The van der Waals surface area contributed by atoms with E-state index in [0.717, 1.165) is 7.11 Å². The van der Waals surface area contributed by atoms with Crippen molar-refractivity contribution in [1.82, 2.24) is 4.72 Å². The van der Waals surface area contributed by atoms with Gasteiger partial charge in [0.1, 0.15) is 4.88 Å². The monoisotopic (exact) mass is 363 g/mol. The van der Waals surface area contributed by atoms with Crippen LogP contribution in [0.4, 0.5) is 0 Å². The third-order valence-corrected chi connectivity index (χ3v) is 6.74. The summed E-state index contributed by atoms with van der Waals surface area (Å²) in [5.74, 6) is -1.50. The van der Waals surface area contributed by atoms with Crippen molar-refractivity contribution >= 4 is 33.3 Å². The molecule has 0 aliphatic carbocycles. The quantitative estimate of drug-likeness (QED) is 0.745. The van der Waals surface area contributed by atoms with Gasteiger partial charge >= 0.3 is 11.9 Å². The average Bonchev–Trinajstić information content (AvgIpc) is 2.89. The molecule has 23 heavy (non-hydrogen) atoms. The molecule has 0 spiro atoms. The van der Waals surface area contributed by atoms with E-state index in [1.807, 2.05) is 13.8 Å². The minimum Gasteiger partial charge on any atom is -0.465 e. The highest BCUT2D eigenvalue weighted by molar-refractivity contribution is 7.91. The van der Waals surface area contributed by atoms with Gasteiger partial charge in [-0.3, -0.25) is 0 Å². The van der Waals surface area contributed by atoms with Crippen LogP contribution in [-0.4, -0.2) is 40.6 Å². The van der Waals surface area contributed by atoms with Crippen LogP contribution in [0.15, 0.2) is 4.21 Å². The summed E-state index contributed by atoms with van der Waals surface area (Å²) in [5.41, 5.74) is 0.106. The fraction of sp³-hybridized carbons (Fsp3) is 0.571. The second-order valence-electron chi connectivity index (χ2n) is 4.84. The first-order valence-electron chi connectivity index (χ1n) is 7.05. The lowest BCUT2D eigenvalue weighted by molar-refractivity contribution is 0.0596. The molecule has 1 aromatic heterocycles. The number of rotatable bonds is 7. The Labute approximate surface area is 140 Å². The molecule has 0 saturated carbocycles. The summed E-state index contributed by atoms with van der Waals surface area (Å²) in [7, 11) is -1.61. The summed E-state index contributed by atoms with van der Waals surface area (Å²) in [4.78, 5) is 23.9. The van der Waals surface area contributed by atoms with Gasteiger partial charge in [-0.2, -0.15) is 0 Å². The van der Waals surface area contributed by atoms with Crippen LogP contribution in [0.3, 0.4) is 0 Å². The highest BCUT2D eigenvalue weighted by atomic mass is 32.2. The fourth-order valence-electron chi connectivity index (χ4n) is 2.03. The fourth-order valence-corrected chi connectivity index (χ4v) is 5.19. The molecular formula is C14H21NO6S2. The molecule has 7 nitrogen and oxygen atoms in total. The number of carbonyl (C=O) groups excluding carboxylic acids is 2. The van der Waals surface area contributed by atoms with E-state index < -0.39 is 22.0 Å². The minimum atomic E-state index is -3.95. The molecule has 1 heterocycles. The Hall–Kier alpha value is -1.45. The summed E-state index contributed by atoms with van der Waals surface area (Å²) in [6.07, 6.45) is 1.22. The Morgan fingerprint density at radius 2 is 1.65 bits per heavy atom. The van der Waals surface area contributed by atoms with E-state index in [9.17, 15) is 18.0 Å². The molecule has 130 valence electrons. The van der Waals surface area contributed by atoms with Crippen LogP contribution in [0, 0.1) is 6.92 Å². The number of thiophene rings is 1. The van der Waals surface area contributed by atoms with E-state index in [1.165, 1.54) is 14.0 Å². The highest BCUT2D eigenvalue weighted by Crippen LogP contribution is 2.33. The first kappa shape index (κ1) is 19.6. The number of methoxy groups -OCH3 is 2. The first-order chi connectivity index (χ1) is 10.7. The Bertz CT molecular complexity index is 688. The molecule has 0 aromatic carbocycles. The molecule has 0 atom stereocenters. The molecule has 0 amide bonds. The first-order valence-corrected chi connectivity index (χ1v) is 9.35. The van der Waals surface area contributed by atoms with Crippen molar-refractivity contribution in [3.05, 3.63) is 16.0 Å². The van der Waals surface area contributed by atoms with Crippen molar-refractivity contribution in [3.63, 3.8) is 0 Å². The molecule has 0 radical (unpaired) electrons. The predicted molar refractivity (Wildman–Crippen MR) is 86.4 cm³/mol. The van der Waals surface area contributed by atoms with Gasteiger partial charge in [-0.15, -0.1) is 11.3 Å². The molecule has 0 aliphatic rings. The smallest absolute Gasteiger partial charge is 0.348 e. The number of sulfonamides is 1. The summed E-state index contributed by atoms with van der Waals surface area (Å²) >= 11 is 0.707. The van der Waals surface area contributed by atoms with E-state index in [2.05, 4.69) is 14.2 Å². The lowest BCUT2D eigenvalue weighted by atomic mass is 10.2. The lowest BCUT2D eigenvalue weighted by Gasteiger charge is -2.14. The van der Waals surface area contributed by atoms with E-state index in [1.54, 1.807) is 0 Å². The summed E-state index contributed by atoms with van der Waals surface area (Å²) < 4.78 is 36.9. The Morgan fingerprint density at radius 1 is 1.13 bits per heavy atom. The third-order valence-electron chi connectivity index (χ3n) is 3.43. The Kier molecular flexibility index (Phi) is 6.72. The van der Waals surface area contributed by atoms with Gasteiger partial charge in [0.15, 0.2) is 4.21 Å². The van der Waals surface area contributed by atoms with Gasteiger partial charge in [0.2, 0.25) is 0 Å². The number of hydrogen-bond acceptors (Lipinski definition) is 7. The predicted octanol–water partition coefficient (Wildman–Crippen LogP) is 2.10. The molecule has 0 bridgehead atoms. The lowest BCUT2D eigenvalue weighted by Crippen LogP contribution is -2.34. The standard InChI is InChI=1S/C14H21NO6S2/c1-6-9(7-2)15-23(18,19)14-10(12(16)20-4)8(3)11(22-14)13(17)21-5/h9,15H,6-7H2,1-5H3. The molecule has 1 N–H and O–H groups in total. The molecule has 9 heteroatoms. The van der Waals surface area contributed by atoms with Crippen molar-refractivity contribution in [2.24, 2.45) is 0 Å². The Morgan fingerprint density at radius 3 is 2.09 bits per heavy atom. The summed E-state index contributed by atoms with van der Waals surface area (Å²) in [6, 6.07) is -0.255.